The lowest BCUT2D eigenvalue weighted by Gasteiger charge is -2.32. The predicted molar refractivity (Wildman–Crippen MR) is 36.8 cm³/mol. The molecule has 4 nitrogen and oxygen atoms in total. The molecule has 0 aliphatic carbocycles. The fraction of sp³-hybridized carbons (Fsp3) is 0.571. The van der Waals surface area contributed by atoms with Gasteiger partial charge in [0.2, 0.25) is 5.91 Å². The molecule has 1 amide bonds. The highest BCUT2D eigenvalue weighted by atomic mass is 16.2. The number of hydrogen-bond acceptors (Lipinski definition) is 3. The Morgan fingerprint density at radius 2 is 2.00 bits per heavy atom. The van der Waals surface area contributed by atoms with E-state index in [-0.39, 0.29) is 11.6 Å². The van der Waals surface area contributed by atoms with Crippen molar-refractivity contribution in [2.24, 2.45) is 5.92 Å². The molecule has 0 saturated carbocycles. The van der Waals surface area contributed by atoms with E-state index in [1.807, 2.05) is 0 Å². The highest BCUT2D eigenvalue weighted by Crippen LogP contribution is 2.16. The van der Waals surface area contributed by atoms with Crippen LogP contribution in [-0.2, 0) is 14.4 Å². The third kappa shape index (κ3) is 1.15. The van der Waals surface area contributed by atoms with Crippen molar-refractivity contribution in [2.75, 3.05) is 0 Å². The Morgan fingerprint density at radius 3 is 2.27 bits per heavy atom. The number of β-lactam (4-membered cyclic amide) rings is 1. The SMILES string of the molecule is [2H]N1C(=O)[C@@H](C(C)=O)[C@@H]1C(C)=O. The summed E-state index contributed by atoms with van der Waals surface area (Å²) in [7, 11) is 0. The maximum atomic E-state index is 10.9. The first-order valence-corrected chi connectivity index (χ1v) is 3.29. The first-order chi connectivity index (χ1) is 5.46. The fourth-order valence-electron chi connectivity index (χ4n) is 1.07. The Hall–Kier alpha value is -1.19. The van der Waals surface area contributed by atoms with Gasteiger partial charge >= 0.3 is 0 Å². The van der Waals surface area contributed by atoms with Gasteiger partial charge in [-0.25, -0.2) is 0 Å². The van der Waals surface area contributed by atoms with E-state index in [4.69, 9.17) is 1.41 Å². The number of Topliss-reactive ketones (excluding diaryl/α,β-unsaturated/α-hetero) is 2. The number of ketones is 2. The van der Waals surface area contributed by atoms with Crippen molar-refractivity contribution in [3.63, 3.8) is 0 Å². The van der Waals surface area contributed by atoms with E-state index in [2.05, 4.69) is 0 Å². The number of hydrogen-bond donors (Lipinski definition) is 1. The van der Waals surface area contributed by atoms with Crippen LogP contribution in [-0.4, -0.2) is 23.5 Å². The molecule has 0 aromatic rings. The lowest BCUT2D eigenvalue weighted by atomic mass is 9.85. The van der Waals surface area contributed by atoms with Gasteiger partial charge in [-0.05, 0) is 13.8 Å². The van der Waals surface area contributed by atoms with Crippen LogP contribution in [0.25, 0.3) is 0 Å². The van der Waals surface area contributed by atoms with Crippen LogP contribution < -0.4 is 5.31 Å². The average Bonchev–Trinajstić information content (AvgIpc) is 1.96. The van der Waals surface area contributed by atoms with Gasteiger partial charge < -0.3 is 5.31 Å². The van der Waals surface area contributed by atoms with Gasteiger partial charge in [0.1, 0.15) is 17.7 Å². The van der Waals surface area contributed by atoms with Crippen LogP contribution in [0.1, 0.15) is 13.8 Å². The minimum atomic E-state index is -0.903. The molecule has 11 heavy (non-hydrogen) atoms. The Morgan fingerprint density at radius 1 is 1.45 bits per heavy atom. The topological polar surface area (TPSA) is 63.2 Å². The first kappa shape index (κ1) is 6.52. The zero-order chi connectivity index (χ0) is 9.46. The molecule has 1 aliphatic rings. The second-order valence-corrected chi connectivity index (χ2v) is 2.61. The molecule has 0 unspecified atom stereocenters. The van der Waals surface area contributed by atoms with E-state index in [9.17, 15) is 14.4 Å². The summed E-state index contributed by atoms with van der Waals surface area (Å²) in [4.78, 5) is 32.5. The Labute approximate surface area is 65.4 Å². The zero-order valence-electron chi connectivity index (χ0n) is 7.33. The second-order valence-electron chi connectivity index (χ2n) is 2.61. The molecule has 1 aliphatic heterocycles. The average molecular weight is 156 g/mol. The van der Waals surface area contributed by atoms with Crippen LogP contribution in [0.4, 0.5) is 0 Å². The molecule has 0 aromatic carbocycles. The largest absolute Gasteiger partial charge is 0.344 e. The molecule has 0 aromatic heterocycles. The molecule has 1 saturated heterocycles. The summed E-state index contributed by atoms with van der Waals surface area (Å²) in [5, 5.41) is 0.564. The Bertz CT molecular complexity index is 263. The van der Waals surface area contributed by atoms with Crippen LogP contribution in [0, 0.1) is 5.92 Å². The van der Waals surface area contributed by atoms with Crippen molar-refractivity contribution >= 4 is 17.5 Å². The summed E-state index contributed by atoms with van der Waals surface area (Å²) >= 11 is 0. The van der Waals surface area contributed by atoms with Gasteiger partial charge in [0, 0.05) is 0 Å². The molecular weight excluding hydrogens is 146 g/mol. The van der Waals surface area contributed by atoms with Gasteiger partial charge in [-0.15, -0.1) is 0 Å². The molecule has 2 atom stereocenters. The van der Waals surface area contributed by atoms with Crippen molar-refractivity contribution < 1.29 is 15.8 Å². The molecule has 1 fully saturated rings. The minimum Gasteiger partial charge on any atom is -0.344 e. The molecular formula is C7H9NO3. The van der Waals surface area contributed by atoms with Gasteiger partial charge in [-0.1, -0.05) is 0 Å². The van der Waals surface area contributed by atoms with E-state index >= 15 is 0 Å². The van der Waals surface area contributed by atoms with Crippen LogP contribution in [0.2, 0.25) is 1.41 Å². The molecule has 0 bridgehead atoms. The summed E-state index contributed by atoms with van der Waals surface area (Å²) in [6.07, 6.45) is 0. The zero-order valence-corrected chi connectivity index (χ0v) is 6.33. The minimum absolute atomic E-state index is 0.315. The number of amides is 1. The van der Waals surface area contributed by atoms with Gasteiger partial charge in [-0.2, -0.15) is 0 Å². The maximum absolute atomic E-state index is 10.9. The Kier molecular flexibility index (Phi) is 1.45. The normalized spacial score (nSPS) is 30.9. The summed E-state index contributed by atoms with van der Waals surface area (Å²) in [5.41, 5.74) is 0. The van der Waals surface area contributed by atoms with Crippen molar-refractivity contribution in [1.29, 1.82) is 0 Å². The lowest BCUT2D eigenvalue weighted by Crippen LogP contribution is -2.63. The molecule has 1 N–H and O–H groups in total. The van der Waals surface area contributed by atoms with Gasteiger partial charge in [0.05, 0.1) is 0 Å². The van der Waals surface area contributed by atoms with E-state index in [1.54, 1.807) is 0 Å². The van der Waals surface area contributed by atoms with E-state index in [1.165, 1.54) is 13.8 Å². The fourth-order valence-corrected chi connectivity index (χ4v) is 1.07. The summed E-state index contributed by atoms with van der Waals surface area (Å²) in [6.45, 7) is 2.53. The molecule has 4 heteroatoms. The smallest absolute Gasteiger partial charge is 0.233 e. The first-order valence-electron chi connectivity index (χ1n) is 3.74. The van der Waals surface area contributed by atoms with E-state index in [0.717, 1.165) is 0 Å². The van der Waals surface area contributed by atoms with Gasteiger partial charge in [0.15, 0.2) is 7.20 Å². The van der Waals surface area contributed by atoms with Crippen molar-refractivity contribution in [2.45, 2.75) is 19.9 Å². The summed E-state index contributed by atoms with van der Waals surface area (Å²) in [6, 6.07) is -0.852. The Balaban J connectivity index is 2.82. The van der Waals surface area contributed by atoms with Crippen molar-refractivity contribution in [3.05, 3.63) is 0 Å². The number of nitrogens with one attached hydrogen (secondary N) is 1. The quantitative estimate of drug-likeness (QED) is 0.424. The second kappa shape index (κ2) is 2.45. The monoisotopic (exact) mass is 156 g/mol. The third-order valence-corrected chi connectivity index (χ3v) is 1.70. The molecule has 1 heterocycles. The lowest BCUT2D eigenvalue weighted by molar-refractivity contribution is -0.147. The number of rotatable bonds is 2. The highest BCUT2D eigenvalue weighted by Gasteiger charge is 2.45. The molecule has 60 valence electrons. The third-order valence-electron chi connectivity index (χ3n) is 1.70. The molecule has 0 spiro atoms. The predicted octanol–water partition coefficient (Wildman–Crippen LogP) is -0.721. The van der Waals surface area contributed by atoms with Crippen molar-refractivity contribution in [3.8, 4) is 0 Å². The van der Waals surface area contributed by atoms with Gasteiger partial charge in [-0.3, -0.25) is 14.4 Å². The van der Waals surface area contributed by atoms with Crippen LogP contribution >= 0.6 is 0 Å². The summed E-state index contributed by atoms with van der Waals surface area (Å²) < 4.78 is 7.04. The maximum Gasteiger partial charge on any atom is 0.233 e. The van der Waals surface area contributed by atoms with Crippen LogP contribution in [0.5, 0.6) is 0 Å². The summed E-state index contributed by atoms with van der Waals surface area (Å²) in [5.74, 6) is -2.14. The molecule has 1 rings (SSSR count). The number of carbonyl (C=O) groups excluding carboxylic acids is 3. The van der Waals surface area contributed by atoms with Crippen LogP contribution in [0.3, 0.4) is 0 Å². The highest BCUT2D eigenvalue weighted by molar-refractivity contribution is 6.12. The van der Waals surface area contributed by atoms with Crippen LogP contribution in [0.15, 0.2) is 0 Å². The molecule has 0 radical (unpaired) electrons. The standard InChI is InChI=1S/C7H9NO3/c1-3(9)5-6(4(2)10)8-7(5)11/h5-6H,1-2H3,(H,8,11)/t5-,6-/m0/s1/i/hD. The van der Waals surface area contributed by atoms with Crippen molar-refractivity contribution in [1.82, 2.24) is 5.31 Å². The van der Waals surface area contributed by atoms with E-state index in [0.29, 0.717) is 5.31 Å². The van der Waals surface area contributed by atoms with E-state index < -0.39 is 17.9 Å². The van der Waals surface area contributed by atoms with Gasteiger partial charge in [0.25, 0.3) is 0 Å². The number of carbonyl (C=O) groups is 3.